The van der Waals surface area contributed by atoms with Crippen molar-refractivity contribution in [1.82, 2.24) is 5.32 Å². The molecule has 2 aliphatic rings. The molecule has 178 valence electrons. The Kier molecular flexibility index (Phi) is 7.22. The minimum Gasteiger partial charge on any atom is -0.369 e. The van der Waals surface area contributed by atoms with Gasteiger partial charge in [0.1, 0.15) is 5.60 Å². The molecular formula is C24H33F3N2O3. The number of ether oxygens (including phenoxy) is 1. The number of hydrogen-bond donors (Lipinski definition) is 2. The third-order valence-corrected chi connectivity index (χ3v) is 7.15. The van der Waals surface area contributed by atoms with Crippen molar-refractivity contribution in [2.75, 3.05) is 0 Å². The molecule has 2 amide bonds. The van der Waals surface area contributed by atoms with Crippen molar-refractivity contribution < 1.29 is 27.5 Å². The van der Waals surface area contributed by atoms with Crippen LogP contribution in [0.1, 0.15) is 64.0 Å². The van der Waals surface area contributed by atoms with E-state index in [0.29, 0.717) is 23.8 Å². The summed E-state index contributed by atoms with van der Waals surface area (Å²) in [6.45, 7) is 5.45. The Morgan fingerprint density at radius 2 is 1.75 bits per heavy atom. The predicted molar refractivity (Wildman–Crippen MR) is 114 cm³/mol. The number of alkyl halides is 3. The monoisotopic (exact) mass is 454 g/mol. The molecule has 0 aliphatic heterocycles. The first-order valence-corrected chi connectivity index (χ1v) is 11.3. The molecule has 3 rings (SSSR count). The van der Waals surface area contributed by atoms with Crippen LogP contribution in [0, 0.1) is 23.7 Å². The van der Waals surface area contributed by atoms with Crippen molar-refractivity contribution >= 4 is 11.8 Å². The van der Waals surface area contributed by atoms with E-state index in [9.17, 15) is 22.8 Å². The van der Waals surface area contributed by atoms with Gasteiger partial charge < -0.3 is 15.8 Å². The molecule has 2 fully saturated rings. The Hall–Kier alpha value is -2.09. The van der Waals surface area contributed by atoms with Crippen LogP contribution in [0.2, 0.25) is 0 Å². The van der Waals surface area contributed by atoms with Crippen LogP contribution in [0.3, 0.4) is 0 Å². The summed E-state index contributed by atoms with van der Waals surface area (Å²) in [5.41, 5.74) is 4.25. The van der Waals surface area contributed by atoms with E-state index in [1.54, 1.807) is 13.8 Å². The number of amides is 2. The van der Waals surface area contributed by atoms with Crippen molar-refractivity contribution in [3.8, 4) is 0 Å². The van der Waals surface area contributed by atoms with Crippen LogP contribution in [0.15, 0.2) is 24.3 Å². The van der Waals surface area contributed by atoms with Gasteiger partial charge in [-0.05, 0) is 75.0 Å². The van der Waals surface area contributed by atoms with E-state index in [1.807, 2.05) is 0 Å². The molecule has 0 saturated heterocycles. The summed E-state index contributed by atoms with van der Waals surface area (Å²) >= 11 is 0. The highest BCUT2D eigenvalue weighted by atomic mass is 19.4. The number of benzene rings is 1. The van der Waals surface area contributed by atoms with Gasteiger partial charge in [-0.1, -0.05) is 25.5 Å². The molecule has 2 saturated carbocycles. The molecule has 0 radical (unpaired) electrons. The minimum absolute atomic E-state index is 0.0235. The van der Waals surface area contributed by atoms with Crippen molar-refractivity contribution in [3.63, 3.8) is 0 Å². The summed E-state index contributed by atoms with van der Waals surface area (Å²) in [4.78, 5) is 24.9. The molecule has 1 aromatic rings. The average Bonchev–Trinajstić information content (AvgIpc) is 2.73. The summed E-state index contributed by atoms with van der Waals surface area (Å²) in [7, 11) is 0. The largest absolute Gasteiger partial charge is 0.416 e. The van der Waals surface area contributed by atoms with E-state index in [1.165, 1.54) is 12.1 Å². The molecule has 1 aromatic carbocycles. The molecule has 5 atom stereocenters. The smallest absolute Gasteiger partial charge is 0.369 e. The Morgan fingerprint density at radius 1 is 1.09 bits per heavy atom. The fourth-order valence-corrected chi connectivity index (χ4v) is 5.26. The second kappa shape index (κ2) is 9.41. The van der Waals surface area contributed by atoms with Crippen molar-refractivity contribution in [2.45, 2.75) is 77.3 Å². The first-order chi connectivity index (χ1) is 14.9. The van der Waals surface area contributed by atoms with Gasteiger partial charge in [-0.3, -0.25) is 9.59 Å². The number of carbonyl (C=O) groups excluding carboxylic acids is 2. The van der Waals surface area contributed by atoms with Crippen LogP contribution in [0.5, 0.6) is 0 Å². The average molecular weight is 455 g/mol. The molecule has 8 heteroatoms. The van der Waals surface area contributed by atoms with Crippen molar-refractivity contribution in [1.29, 1.82) is 0 Å². The quantitative estimate of drug-likeness (QED) is 0.639. The summed E-state index contributed by atoms with van der Waals surface area (Å²) in [5, 5.41) is 3.18. The third kappa shape index (κ3) is 5.63. The third-order valence-electron chi connectivity index (χ3n) is 7.15. The highest BCUT2D eigenvalue weighted by Crippen LogP contribution is 2.46. The zero-order valence-electron chi connectivity index (χ0n) is 18.9. The fourth-order valence-electron chi connectivity index (χ4n) is 5.26. The minimum atomic E-state index is -4.39. The summed E-state index contributed by atoms with van der Waals surface area (Å²) in [5.74, 6) is 0.350. The molecule has 3 N–H and O–H groups in total. The summed E-state index contributed by atoms with van der Waals surface area (Å²) in [6, 6.07) is 4.69. The first-order valence-electron chi connectivity index (χ1n) is 11.3. The second-order valence-electron chi connectivity index (χ2n) is 9.83. The topological polar surface area (TPSA) is 81.4 Å². The lowest BCUT2D eigenvalue weighted by Crippen LogP contribution is -2.56. The highest BCUT2D eigenvalue weighted by molar-refractivity contribution is 5.84. The van der Waals surface area contributed by atoms with Crippen LogP contribution < -0.4 is 11.1 Å². The van der Waals surface area contributed by atoms with Gasteiger partial charge in [-0.15, -0.1) is 0 Å². The lowest BCUT2D eigenvalue weighted by atomic mass is 9.61. The second-order valence-corrected chi connectivity index (χ2v) is 9.83. The van der Waals surface area contributed by atoms with Crippen LogP contribution in [-0.2, 0) is 27.1 Å². The number of hydrogen-bond acceptors (Lipinski definition) is 3. The molecule has 4 unspecified atom stereocenters. The van der Waals surface area contributed by atoms with Crippen LogP contribution >= 0.6 is 0 Å². The lowest BCUT2D eigenvalue weighted by Gasteiger charge is -2.48. The lowest BCUT2D eigenvalue weighted by molar-refractivity contribution is -0.147. The van der Waals surface area contributed by atoms with Crippen molar-refractivity contribution in [3.05, 3.63) is 35.4 Å². The highest BCUT2D eigenvalue weighted by Gasteiger charge is 2.45. The number of nitrogens with two attached hydrogens (primary N) is 1. The molecule has 2 aliphatic carbocycles. The Morgan fingerprint density at radius 3 is 2.31 bits per heavy atom. The Balaban J connectivity index is 1.63. The zero-order chi connectivity index (χ0) is 23.7. The van der Waals surface area contributed by atoms with Gasteiger partial charge >= 0.3 is 6.18 Å². The first kappa shape index (κ1) is 24.6. The molecule has 5 nitrogen and oxygen atoms in total. The SMILES string of the molecule is CCC1CC2CC(C[C@H](C(N)=O)C2)C1NC(=O)C(C)(C)OCc1ccc(C(F)(F)F)cc1. The number of halogens is 3. The van der Waals surface area contributed by atoms with Gasteiger partial charge in [-0.2, -0.15) is 13.2 Å². The number of fused-ring (bicyclic) bond motifs is 2. The number of nitrogens with one attached hydrogen (secondary N) is 1. The fraction of sp³-hybridized carbons (Fsp3) is 0.667. The van der Waals surface area contributed by atoms with Gasteiger partial charge in [0, 0.05) is 12.0 Å². The zero-order valence-corrected chi connectivity index (χ0v) is 18.9. The maximum absolute atomic E-state index is 13.1. The normalized spacial score (nSPS) is 28.2. The van der Waals surface area contributed by atoms with E-state index >= 15 is 0 Å². The number of carbonyl (C=O) groups is 2. The molecule has 0 spiro atoms. The predicted octanol–water partition coefficient (Wildman–Crippen LogP) is 4.43. The van der Waals surface area contributed by atoms with Gasteiger partial charge in [0.15, 0.2) is 0 Å². The van der Waals surface area contributed by atoms with Gasteiger partial charge in [0.2, 0.25) is 5.91 Å². The van der Waals surface area contributed by atoms with Crippen LogP contribution in [0.25, 0.3) is 0 Å². The van der Waals surface area contributed by atoms with E-state index < -0.39 is 17.3 Å². The van der Waals surface area contributed by atoms with E-state index in [-0.39, 0.29) is 36.3 Å². The van der Waals surface area contributed by atoms with Gasteiger partial charge in [-0.25, -0.2) is 0 Å². The van der Waals surface area contributed by atoms with Gasteiger partial charge in [0.05, 0.1) is 12.2 Å². The maximum Gasteiger partial charge on any atom is 0.416 e. The summed E-state index contributed by atoms with van der Waals surface area (Å²) in [6.07, 6.45) is 0.0313. The standard InChI is InChI=1S/C24H33F3N2O3/c1-4-16-9-15-10-17(12-18(11-15)21(28)30)20(16)29-22(31)23(2,3)32-13-14-5-7-19(8-6-14)24(25,26)27/h5-8,15-18,20H,4,9-13H2,1-3H3,(H2,28,30)(H,29,31)/t15?,16?,17?,18-,20?/m1/s1. The Bertz CT molecular complexity index is 823. The molecule has 0 aromatic heterocycles. The van der Waals surface area contributed by atoms with Crippen LogP contribution in [-0.4, -0.2) is 23.5 Å². The summed E-state index contributed by atoms with van der Waals surface area (Å²) < 4.78 is 44.0. The maximum atomic E-state index is 13.1. The van der Waals surface area contributed by atoms with E-state index in [4.69, 9.17) is 10.5 Å². The molecule has 0 heterocycles. The molecular weight excluding hydrogens is 421 g/mol. The van der Waals surface area contributed by atoms with Crippen LogP contribution in [0.4, 0.5) is 13.2 Å². The number of rotatable bonds is 7. The number of primary amides is 1. The molecule has 2 bridgehead atoms. The van der Waals surface area contributed by atoms with E-state index in [2.05, 4.69) is 12.2 Å². The van der Waals surface area contributed by atoms with Crippen molar-refractivity contribution in [2.24, 2.45) is 29.4 Å². The molecule has 32 heavy (non-hydrogen) atoms. The Labute approximate surface area is 187 Å². The van der Waals surface area contributed by atoms with E-state index in [0.717, 1.165) is 37.8 Å². The van der Waals surface area contributed by atoms with Gasteiger partial charge in [0.25, 0.3) is 5.91 Å².